The molecule has 2 aromatic carbocycles. The van der Waals surface area contributed by atoms with Gasteiger partial charge in [0, 0.05) is 5.56 Å². The highest BCUT2D eigenvalue weighted by molar-refractivity contribution is 6.06. The summed E-state index contributed by atoms with van der Waals surface area (Å²) < 4.78 is 26.9. The summed E-state index contributed by atoms with van der Waals surface area (Å²) in [5.41, 5.74) is 1.31. The molecule has 0 unspecified atom stereocenters. The second kappa shape index (κ2) is 10.1. The predicted octanol–water partition coefficient (Wildman–Crippen LogP) is 4.57. The molecule has 0 bridgehead atoms. The summed E-state index contributed by atoms with van der Waals surface area (Å²) in [7, 11) is 0. The minimum Gasteiger partial charge on any atom is -0.508 e. The minimum atomic E-state index is -0.867. The number of hydrogen-bond donors (Lipinski definition) is 1. The lowest BCUT2D eigenvalue weighted by Crippen LogP contribution is -1.93. The molecule has 0 saturated heterocycles. The maximum Gasteiger partial charge on any atom is 0.228 e. The summed E-state index contributed by atoms with van der Waals surface area (Å²) in [4.78, 5) is 11.9. The van der Waals surface area contributed by atoms with Gasteiger partial charge in [0.25, 0.3) is 0 Å². The van der Waals surface area contributed by atoms with Crippen LogP contribution in [0.1, 0.15) is 22.8 Å². The van der Waals surface area contributed by atoms with Crippen LogP contribution in [0.15, 0.2) is 54.6 Å². The number of rotatable bonds is 5. The third-order valence-electron chi connectivity index (χ3n) is 2.68. The van der Waals surface area contributed by atoms with Crippen molar-refractivity contribution < 1.29 is 23.4 Å². The van der Waals surface area contributed by atoms with Crippen LogP contribution in [0.4, 0.5) is 8.78 Å². The Labute approximate surface area is 133 Å². The van der Waals surface area contributed by atoms with Crippen molar-refractivity contribution >= 4 is 11.9 Å². The van der Waals surface area contributed by atoms with Crippen LogP contribution in [0, 0.1) is 0 Å². The zero-order valence-electron chi connectivity index (χ0n) is 12.7. The van der Waals surface area contributed by atoms with Crippen LogP contribution in [0.2, 0.25) is 0 Å². The molecule has 0 fully saturated rings. The van der Waals surface area contributed by atoms with Gasteiger partial charge in [-0.15, -0.1) is 0 Å². The second-order valence-electron chi connectivity index (χ2n) is 4.33. The van der Waals surface area contributed by atoms with Crippen LogP contribution in [0.3, 0.4) is 0 Å². The number of alkyl halides is 2. The Bertz CT molecular complexity index is 620. The lowest BCUT2D eigenvalue weighted by Gasteiger charge is -2.00. The highest BCUT2D eigenvalue weighted by Gasteiger charge is 2.01. The number of phenolic OH excluding ortho intramolecular Hbond substituents is 1. The molecule has 2 aromatic rings. The van der Waals surface area contributed by atoms with Crippen molar-refractivity contribution in [1.82, 2.24) is 0 Å². The SMILES string of the molecule is CCF.O=C(C=Cc1ccc(OCF)cc1)c1ccc(O)cc1. The van der Waals surface area contributed by atoms with Gasteiger partial charge in [0.05, 0.1) is 6.67 Å². The van der Waals surface area contributed by atoms with E-state index >= 15 is 0 Å². The monoisotopic (exact) mass is 320 g/mol. The van der Waals surface area contributed by atoms with Crippen LogP contribution in [-0.4, -0.2) is 24.4 Å². The van der Waals surface area contributed by atoms with Crippen LogP contribution < -0.4 is 4.74 Å². The topological polar surface area (TPSA) is 46.5 Å². The normalized spacial score (nSPS) is 10.0. The third kappa shape index (κ3) is 6.74. The summed E-state index contributed by atoms with van der Waals surface area (Å²) >= 11 is 0. The van der Waals surface area contributed by atoms with E-state index in [0.29, 0.717) is 11.3 Å². The molecular formula is C18H18F2O3. The Morgan fingerprint density at radius 2 is 1.65 bits per heavy atom. The minimum absolute atomic E-state index is 0.119. The first-order valence-corrected chi connectivity index (χ1v) is 6.97. The number of allylic oxidation sites excluding steroid dienone is 1. The molecule has 0 atom stereocenters. The van der Waals surface area contributed by atoms with Gasteiger partial charge in [-0.3, -0.25) is 9.18 Å². The third-order valence-corrected chi connectivity index (χ3v) is 2.68. The Morgan fingerprint density at radius 1 is 1.09 bits per heavy atom. The Kier molecular flexibility index (Phi) is 8.07. The fourth-order valence-corrected chi connectivity index (χ4v) is 1.63. The van der Waals surface area contributed by atoms with E-state index in [1.165, 1.54) is 25.1 Å². The van der Waals surface area contributed by atoms with Crippen LogP contribution >= 0.6 is 0 Å². The second-order valence-corrected chi connectivity index (χ2v) is 4.33. The number of ketones is 1. The molecule has 0 heterocycles. The van der Waals surface area contributed by atoms with Crippen LogP contribution in [0.25, 0.3) is 6.08 Å². The molecule has 0 aromatic heterocycles. The van der Waals surface area contributed by atoms with E-state index in [9.17, 15) is 13.6 Å². The Morgan fingerprint density at radius 3 is 2.17 bits per heavy atom. The number of benzene rings is 2. The molecule has 0 spiro atoms. The number of hydrogen-bond acceptors (Lipinski definition) is 3. The number of phenols is 1. The van der Waals surface area contributed by atoms with E-state index in [0.717, 1.165) is 5.56 Å². The van der Waals surface area contributed by atoms with E-state index in [1.807, 2.05) is 0 Å². The first-order valence-electron chi connectivity index (χ1n) is 6.97. The van der Waals surface area contributed by atoms with E-state index < -0.39 is 6.86 Å². The van der Waals surface area contributed by atoms with Crippen molar-refractivity contribution in [3.63, 3.8) is 0 Å². The zero-order valence-corrected chi connectivity index (χ0v) is 12.7. The predicted molar refractivity (Wildman–Crippen MR) is 86.2 cm³/mol. The average molecular weight is 320 g/mol. The Balaban J connectivity index is 0.000000816. The first-order chi connectivity index (χ1) is 11.1. The highest BCUT2D eigenvalue weighted by atomic mass is 19.1. The molecule has 0 amide bonds. The summed E-state index contributed by atoms with van der Waals surface area (Å²) in [6.07, 6.45) is 3.10. The quantitative estimate of drug-likeness (QED) is 0.648. The van der Waals surface area contributed by atoms with Gasteiger partial charge in [-0.2, -0.15) is 0 Å². The lowest BCUT2D eigenvalue weighted by atomic mass is 10.1. The fraction of sp³-hybridized carbons (Fsp3) is 0.167. The average Bonchev–Trinajstić information content (AvgIpc) is 2.56. The van der Waals surface area contributed by atoms with Crippen molar-refractivity contribution in [3.05, 3.63) is 65.7 Å². The fourth-order valence-electron chi connectivity index (χ4n) is 1.63. The van der Waals surface area contributed by atoms with Gasteiger partial charge in [-0.1, -0.05) is 18.2 Å². The highest BCUT2D eigenvalue weighted by Crippen LogP contribution is 2.14. The smallest absolute Gasteiger partial charge is 0.228 e. The van der Waals surface area contributed by atoms with Crippen LogP contribution in [0.5, 0.6) is 11.5 Å². The lowest BCUT2D eigenvalue weighted by molar-refractivity contribution is 0.104. The van der Waals surface area contributed by atoms with Crippen LogP contribution in [-0.2, 0) is 0 Å². The maximum atomic E-state index is 12.0. The number of carbonyl (C=O) groups is 1. The van der Waals surface area contributed by atoms with Gasteiger partial charge in [0.1, 0.15) is 11.5 Å². The molecule has 0 saturated carbocycles. The summed E-state index contributed by atoms with van der Waals surface area (Å²) in [6.45, 7) is 0.342. The summed E-state index contributed by atoms with van der Waals surface area (Å²) in [5.74, 6) is 0.401. The van der Waals surface area contributed by atoms with Gasteiger partial charge in [-0.05, 0) is 55.0 Å². The maximum absolute atomic E-state index is 12.0. The van der Waals surface area contributed by atoms with Gasteiger partial charge < -0.3 is 9.84 Å². The van der Waals surface area contributed by atoms with Crippen molar-refractivity contribution in [2.45, 2.75) is 6.92 Å². The summed E-state index contributed by atoms with van der Waals surface area (Å²) in [5, 5.41) is 9.15. The molecule has 0 aliphatic carbocycles. The zero-order chi connectivity index (χ0) is 17.1. The van der Waals surface area contributed by atoms with Gasteiger partial charge >= 0.3 is 0 Å². The van der Waals surface area contributed by atoms with Gasteiger partial charge in [0.2, 0.25) is 6.86 Å². The van der Waals surface area contributed by atoms with E-state index in [1.54, 1.807) is 42.5 Å². The van der Waals surface area contributed by atoms with E-state index in [-0.39, 0.29) is 18.2 Å². The molecule has 3 nitrogen and oxygen atoms in total. The molecule has 0 aliphatic heterocycles. The first kappa shape index (κ1) is 18.4. The van der Waals surface area contributed by atoms with Crippen molar-refractivity contribution in [3.8, 4) is 11.5 Å². The van der Waals surface area contributed by atoms with Crippen molar-refractivity contribution in [1.29, 1.82) is 0 Å². The molecule has 1 N–H and O–H groups in total. The molecule has 5 heteroatoms. The number of halogens is 2. The summed E-state index contributed by atoms with van der Waals surface area (Å²) in [6, 6.07) is 12.8. The Hall–Kier alpha value is -2.69. The number of aromatic hydroxyl groups is 1. The molecule has 122 valence electrons. The number of ether oxygens (including phenoxy) is 1. The standard InChI is InChI=1S/C16H13FO3.C2H5F/c17-11-20-15-8-1-12(2-9-15)3-10-16(19)13-4-6-14(18)7-5-13;1-2-3/h1-10,18H,11H2;2H2,1H3. The molecule has 2 rings (SSSR count). The molecular weight excluding hydrogens is 302 g/mol. The molecule has 0 radical (unpaired) electrons. The van der Waals surface area contributed by atoms with Gasteiger partial charge in [0.15, 0.2) is 5.78 Å². The van der Waals surface area contributed by atoms with E-state index in [2.05, 4.69) is 4.74 Å². The molecule has 23 heavy (non-hydrogen) atoms. The molecule has 0 aliphatic rings. The number of carbonyl (C=O) groups excluding carboxylic acids is 1. The van der Waals surface area contributed by atoms with Gasteiger partial charge in [-0.25, -0.2) is 4.39 Å². The van der Waals surface area contributed by atoms with Crippen molar-refractivity contribution in [2.24, 2.45) is 0 Å². The largest absolute Gasteiger partial charge is 0.508 e. The van der Waals surface area contributed by atoms with E-state index in [4.69, 9.17) is 5.11 Å². The van der Waals surface area contributed by atoms with Crippen molar-refractivity contribution in [2.75, 3.05) is 13.5 Å².